The second kappa shape index (κ2) is 7.43. The van der Waals surface area contributed by atoms with Gasteiger partial charge in [-0.3, -0.25) is 24.5 Å². The zero-order valence-corrected chi connectivity index (χ0v) is 18.4. The second-order valence-electron chi connectivity index (χ2n) is 8.84. The Morgan fingerprint density at radius 3 is 2.48 bits per heavy atom. The zero-order chi connectivity index (χ0) is 23.6. The van der Waals surface area contributed by atoms with Crippen LogP contribution < -0.4 is 14.8 Å². The van der Waals surface area contributed by atoms with E-state index in [4.69, 9.17) is 9.47 Å². The number of phenols is 1. The summed E-state index contributed by atoms with van der Waals surface area (Å²) >= 11 is 0. The van der Waals surface area contributed by atoms with Crippen LogP contribution in [0.25, 0.3) is 0 Å². The van der Waals surface area contributed by atoms with Gasteiger partial charge in [-0.15, -0.1) is 0 Å². The summed E-state index contributed by atoms with van der Waals surface area (Å²) in [5.41, 5.74) is 2.01. The highest BCUT2D eigenvalue weighted by atomic mass is 16.5. The van der Waals surface area contributed by atoms with Gasteiger partial charge in [-0.1, -0.05) is 11.6 Å². The maximum Gasteiger partial charge on any atom is 0.231 e. The fourth-order valence-corrected chi connectivity index (χ4v) is 5.77. The SMILES string of the molecule is COc1cc(O)c([C@H]2C3=CC[C@@H]4C(=O)NC(=O)[C@@H]4[C@@H]3CC3=C2C(=O)C(C)=CC3=O)c(OC)c1. The van der Waals surface area contributed by atoms with Crippen LogP contribution in [0.5, 0.6) is 17.2 Å². The summed E-state index contributed by atoms with van der Waals surface area (Å²) in [6, 6.07) is 3.03. The van der Waals surface area contributed by atoms with Crippen molar-refractivity contribution in [3.8, 4) is 17.2 Å². The van der Waals surface area contributed by atoms with Crippen LogP contribution in [-0.2, 0) is 19.2 Å². The van der Waals surface area contributed by atoms with E-state index in [1.807, 2.05) is 6.08 Å². The summed E-state index contributed by atoms with van der Waals surface area (Å²) < 4.78 is 10.8. The van der Waals surface area contributed by atoms with Crippen LogP contribution >= 0.6 is 0 Å². The average molecular weight is 449 g/mol. The van der Waals surface area contributed by atoms with Gasteiger partial charge in [0, 0.05) is 40.3 Å². The number of fused-ring (bicyclic) bond motifs is 3. The number of ketones is 2. The number of benzene rings is 1. The van der Waals surface area contributed by atoms with Crippen LogP contribution in [0.1, 0.15) is 31.2 Å². The van der Waals surface area contributed by atoms with Crippen LogP contribution in [0.4, 0.5) is 0 Å². The number of carbonyl (C=O) groups is 4. The molecule has 0 bridgehead atoms. The minimum Gasteiger partial charge on any atom is -0.507 e. The number of carbonyl (C=O) groups excluding carboxylic acids is 4. The first-order chi connectivity index (χ1) is 15.8. The number of aromatic hydroxyl groups is 1. The van der Waals surface area contributed by atoms with Crippen LogP contribution in [0.2, 0.25) is 0 Å². The van der Waals surface area contributed by atoms with E-state index in [-0.39, 0.29) is 35.6 Å². The summed E-state index contributed by atoms with van der Waals surface area (Å²) in [6.07, 6.45) is 3.72. The van der Waals surface area contributed by atoms with Gasteiger partial charge in [0.15, 0.2) is 11.6 Å². The molecular formula is C25H23NO7. The average Bonchev–Trinajstić information content (AvgIpc) is 3.09. The molecule has 3 aliphatic carbocycles. The first kappa shape index (κ1) is 21.2. The van der Waals surface area contributed by atoms with Crippen LogP contribution in [0.3, 0.4) is 0 Å². The molecule has 33 heavy (non-hydrogen) atoms. The van der Waals surface area contributed by atoms with E-state index < -0.39 is 23.7 Å². The number of hydrogen-bond acceptors (Lipinski definition) is 7. The lowest BCUT2D eigenvalue weighted by molar-refractivity contribution is -0.126. The van der Waals surface area contributed by atoms with Crippen molar-refractivity contribution in [2.75, 3.05) is 14.2 Å². The number of rotatable bonds is 3. The summed E-state index contributed by atoms with van der Waals surface area (Å²) in [5.74, 6) is -3.10. The first-order valence-corrected chi connectivity index (χ1v) is 10.8. The van der Waals surface area contributed by atoms with Gasteiger partial charge < -0.3 is 14.6 Å². The van der Waals surface area contributed by atoms with Gasteiger partial charge in [0.2, 0.25) is 11.8 Å². The van der Waals surface area contributed by atoms with Gasteiger partial charge in [0.25, 0.3) is 0 Å². The molecule has 0 spiro atoms. The lowest BCUT2D eigenvalue weighted by atomic mass is 9.59. The standard InChI is InChI=1S/C25H23NO7/c1-10-6-16(27)15-9-14-12(4-5-13-19(14)25(31)26-24(13)30)20(21(15)23(10)29)22-17(28)7-11(32-2)8-18(22)33-3/h4,6-8,13-14,19-20,28H,5,9H2,1-3H3,(H,26,30,31)/t13-,14+,19-,20-/m0/s1. The van der Waals surface area contributed by atoms with Gasteiger partial charge in [-0.05, 0) is 31.8 Å². The number of imide groups is 1. The minimum absolute atomic E-state index is 0.147. The van der Waals surface area contributed by atoms with Gasteiger partial charge in [0.05, 0.1) is 26.1 Å². The third-order valence-electron chi connectivity index (χ3n) is 7.25. The number of methoxy groups -OCH3 is 2. The molecule has 1 aromatic rings. The van der Waals surface area contributed by atoms with E-state index in [2.05, 4.69) is 5.32 Å². The lowest BCUT2D eigenvalue weighted by Crippen LogP contribution is -2.39. The Morgan fingerprint density at radius 1 is 1.03 bits per heavy atom. The van der Waals surface area contributed by atoms with Crippen LogP contribution in [0, 0.1) is 17.8 Å². The molecule has 1 aliphatic heterocycles. The molecule has 1 aromatic carbocycles. The number of Topliss-reactive ketones (excluding diaryl/α,β-unsaturated/α-hetero) is 1. The normalized spacial score (nSPS) is 28.5. The molecule has 1 saturated heterocycles. The van der Waals surface area contributed by atoms with Crippen molar-refractivity contribution < 1.29 is 33.8 Å². The Hall–Kier alpha value is -3.68. The maximum absolute atomic E-state index is 13.4. The van der Waals surface area contributed by atoms with E-state index >= 15 is 0 Å². The molecule has 170 valence electrons. The predicted molar refractivity (Wildman–Crippen MR) is 116 cm³/mol. The summed E-state index contributed by atoms with van der Waals surface area (Å²) in [5, 5.41) is 13.4. The van der Waals surface area contributed by atoms with Gasteiger partial charge in [-0.25, -0.2) is 0 Å². The molecule has 5 rings (SSSR count). The van der Waals surface area contributed by atoms with Crippen LogP contribution in [-0.4, -0.2) is 42.7 Å². The number of ether oxygens (including phenoxy) is 2. The van der Waals surface area contributed by atoms with E-state index in [9.17, 15) is 24.3 Å². The van der Waals surface area contributed by atoms with Crippen molar-refractivity contribution in [3.05, 3.63) is 52.1 Å². The molecule has 8 nitrogen and oxygen atoms in total. The van der Waals surface area contributed by atoms with Crippen molar-refractivity contribution in [3.63, 3.8) is 0 Å². The molecular weight excluding hydrogens is 426 g/mol. The highest BCUT2D eigenvalue weighted by Crippen LogP contribution is 2.57. The molecule has 0 saturated carbocycles. The highest BCUT2D eigenvalue weighted by molar-refractivity contribution is 6.24. The first-order valence-electron chi connectivity index (χ1n) is 10.8. The Morgan fingerprint density at radius 2 is 1.79 bits per heavy atom. The zero-order valence-electron chi connectivity index (χ0n) is 18.4. The van der Waals surface area contributed by atoms with Crippen molar-refractivity contribution in [1.29, 1.82) is 0 Å². The number of amides is 2. The molecule has 1 heterocycles. The minimum atomic E-state index is -0.788. The second-order valence-corrected chi connectivity index (χ2v) is 8.84. The Balaban J connectivity index is 1.77. The fraction of sp³-hybridized carbons (Fsp3) is 0.360. The smallest absolute Gasteiger partial charge is 0.231 e. The third kappa shape index (κ3) is 2.97. The van der Waals surface area contributed by atoms with Crippen molar-refractivity contribution in [1.82, 2.24) is 5.32 Å². The monoisotopic (exact) mass is 449 g/mol. The molecule has 4 aliphatic rings. The van der Waals surface area contributed by atoms with E-state index in [0.29, 0.717) is 40.2 Å². The van der Waals surface area contributed by atoms with Crippen molar-refractivity contribution in [2.24, 2.45) is 17.8 Å². The largest absolute Gasteiger partial charge is 0.507 e. The number of hydrogen-bond donors (Lipinski definition) is 2. The molecule has 8 heteroatoms. The summed E-state index contributed by atoms with van der Waals surface area (Å²) in [7, 11) is 2.91. The fourth-order valence-electron chi connectivity index (χ4n) is 5.77. The van der Waals surface area contributed by atoms with Gasteiger partial charge >= 0.3 is 0 Å². The number of phenolic OH excluding ortho intramolecular Hbond substituents is 1. The highest BCUT2D eigenvalue weighted by Gasteiger charge is 2.54. The van der Waals surface area contributed by atoms with E-state index in [0.717, 1.165) is 5.57 Å². The van der Waals surface area contributed by atoms with Gasteiger partial charge in [-0.2, -0.15) is 0 Å². The third-order valence-corrected chi connectivity index (χ3v) is 7.25. The Kier molecular flexibility index (Phi) is 4.77. The van der Waals surface area contributed by atoms with E-state index in [1.165, 1.54) is 26.4 Å². The quantitative estimate of drug-likeness (QED) is 0.412. The lowest BCUT2D eigenvalue weighted by Gasteiger charge is -2.42. The molecule has 2 N–H and O–H groups in total. The summed E-state index contributed by atoms with van der Waals surface area (Å²) in [6.45, 7) is 1.59. The molecule has 0 radical (unpaired) electrons. The Labute approximate surface area is 189 Å². The molecule has 4 atom stereocenters. The molecule has 2 amide bonds. The number of nitrogens with one attached hydrogen (secondary N) is 1. The van der Waals surface area contributed by atoms with Crippen molar-refractivity contribution in [2.45, 2.75) is 25.7 Å². The predicted octanol–water partition coefficient (Wildman–Crippen LogP) is 2.13. The Bertz CT molecular complexity index is 1240. The summed E-state index contributed by atoms with van der Waals surface area (Å²) in [4.78, 5) is 51.4. The molecule has 0 unspecified atom stereocenters. The molecule has 0 aromatic heterocycles. The number of allylic oxidation sites excluding steroid dienone is 6. The van der Waals surface area contributed by atoms with E-state index in [1.54, 1.807) is 13.0 Å². The van der Waals surface area contributed by atoms with Crippen molar-refractivity contribution >= 4 is 23.4 Å². The van der Waals surface area contributed by atoms with Gasteiger partial charge in [0.1, 0.15) is 17.2 Å². The topological polar surface area (TPSA) is 119 Å². The van der Waals surface area contributed by atoms with Crippen LogP contribution in [0.15, 0.2) is 46.6 Å². The maximum atomic E-state index is 13.4. The molecule has 1 fully saturated rings.